The summed E-state index contributed by atoms with van der Waals surface area (Å²) in [6.45, 7) is 6.01. The molecule has 1 saturated heterocycles. The first-order valence-electron chi connectivity index (χ1n) is 13.3. The Kier molecular flexibility index (Phi) is 8.45. The van der Waals surface area contributed by atoms with Crippen molar-refractivity contribution in [1.29, 1.82) is 0 Å². The van der Waals surface area contributed by atoms with E-state index in [1.54, 1.807) is 18.3 Å². The molecule has 10 nitrogen and oxygen atoms in total. The summed E-state index contributed by atoms with van der Waals surface area (Å²) in [5.41, 5.74) is 4.03. The number of fused-ring (bicyclic) bond motifs is 1. The molecule has 0 unspecified atom stereocenters. The maximum absolute atomic E-state index is 12.9. The van der Waals surface area contributed by atoms with Gasteiger partial charge >= 0.3 is 0 Å². The topological polar surface area (TPSA) is 100 Å². The molecule has 5 rings (SSSR count). The maximum Gasteiger partial charge on any atom is 0.182 e. The Labute approximate surface area is 229 Å². The molecular formula is C29H36N8O2. The van der Waals surface area contributed by atoms with E-state index in [0.29, 0.717) is 17.2 Å². The lowest BCUT2D eigenvalue weighted by Gasteiger charge is -2.27. The number of benzene rings is 1. The van der Waals surface area contributed by atoms with E-state index in [9.17, 15) is 4.79 Å². The number of ether oxygens (including phenoxy) is 1. The van der Waals surface area contributed by atoms with Gasteiger partial charge in [0.15, 0.2) is 5.78 Å². The van der Waals surface area contributed by atoms with Crippen LogP contribution in [0, 0.1) is 0 Å². The molecule has 0 spiro atoms. The Bertz CT molecular complexity index is 1430. The molecule has 1 aromatic carbocycles. The predicted molar refractivity (Wildman–Crippen MR) is 154 cm³/mol. The Morgan fingerprint density at radius 2 is 1.82 bits per heavy atom. The van der Waals surface area contributed by atoms with E-state index in [1.165, 1.54) is 5.69 Å². The van der Waals surface area contributed by atoms with E-state index in [1.807, 2.05) is 44.3 Å². The van der Waals surface area contributed by atoms with Crippen molar-refractivity contribution in [3.05, 3.63) is 66.2 Å². The fourth-order valence-electron chi connectivity index (χ4n) is 4.65. The van der Waals surface area contributed by atoms with Gasteiger partial charge in [-0.15, -0.1) is 0 Å². The molecule has 1 fully saturated rings. The third kappa shape index (κ3) is 6.78. The molecule has 10 heteroatoms. The van der Waals surface area contributed by atoms with Crippen LogP contribution >= 0.6 is 0 Å². The van der Waals surface area contributed by atoms with Gasteiger partial charge in [-0.1, -0.05) is 12.1 Å². The van der Waals surface area contributed by atoms with Gasteiger partial charge in [-0.2, -0.15) is 5.10 Å². The summed E-state index contributed by atoms with van der Waals surface area (Å²) in [5, 5.41) is 13.1. The number of aryl methyl sites for hydroxylation is 1. The Morgan fingerprint density at radius 1 is 1.00 bits per heavy atom. The Morgan fingerprint density at radius 3 is 2.64 bits per heavy atom. The number of rotatable bonds is 11. The van der Waals surface area contributed by atoms with Crippen molar-refractivity contribution in [2.24, 2.45) is 7.05 Å². The molecule has 0 aliphatic carbocycles. The number of hydrogen-bond acceptors (Lipinski definition) is 9. The van der Waals surface area contributed by atoms with Crippen LogP contribution in [0.5, 0.6) is 0 Å². The highest BCUT2D eigenvalue weighted by molar-refractivity contribution is 5.99. The molecule has 4 aromatic rings. The zero-order chi connectivity index (χ0) is 27.2. The van der Waals surface area contributed by atoms with Gasteiger partial charge in [0.05, 0.1) is 31.6 Å². The molecule has 2 N–H and O–H groups in total. The molecule has 1 aliphatic rings. The number of anilines is 2. The summed E-state index contributed by atoms with van der Waals surface area (Å²) in [7, 11) is 6.03. The van der Waals surface area contributed by atoms with E-state index < -0.39 is 0 Å². The molecule has 4 heterocycles. The summed E-state index contributed by atoms with van der Waals surface area (Å²) in [5.74, 6) is 1.33. The summed E-state index contributed by atoms with van der Waals surface area (Å²) in [6.07, 6.45) is 5.43. The van der Waals surface area contributed by atoms with Crippen LogP contribution in [0.1, 0.15) is 16.1 Å². The summed E-state index contributed by atoms with van der Waals surface area (Å²) < 4.78 is 7.47. The van der Waals surface area contributed by atoms with Gasteiger partial charge in [0.25, 0.3) is 0 Å². The fraction of sp³-hybridized carbons (Fsp3) is 0.379. The standard InChI is InChI=1S/C29H36N8O2/c1-35(2)9-8-31-28-15-22(6-7-30-28)27(38)19-33-29-16-24-14-21(4-5-23(24)17-32-29)25-18-34-36(3)26(25)20-37-10-12-39-13-11-37/h4-7,14-18H,8-13,19-20H2,1-3H3,(H,30,31)(H,32,33). The van der Waals surface area contributed by atoms with Gasteiger partial charge < -0.3 is 20.3 Å². The number of carbonyl (C=O) groups is 1. The Hall–Kier alpha value is -3.86. The maximum atomic E-state index is 12.9. The van der Waals surface area contributed by atoms with Crippen molar-refractivity contribution in [3.63, 3.8) is 0 Å². The van der Waals surface area contributed by atoms with Gasteiger partial charge in [-0.25, -0.2) is 9.97 Å². The van der Waals surface area contributed by atoms with Crippen LogP contribution < -0.4 is 10.6 Å². The second kappa shape index (κ2) is 12.3. The SMILES string of the molecule is CN(C)CCNc1cc(C(=O)CNc2cc3cc(-c4cnn(C)c4CN4CCOCC4)ccc3cn2)ccn1. The van der Waals surface area contributed by atoms with Crippen LogP contribution in [0.4, 0.5) is 11.6 Å². The number of nitrogens with one attached hydrogen (secondary N) is 2. The van der Waals surface area contributed by atoms with E-state index in [2.05, 4.69) is 53.7 Å². The number of Topliss-reactive ketones (excluding diaryl/α,β-unsaturated/α-hetero) is 1. The third-order valence-corrected chi connectivity index (χ3v) is 6.95. The first-order valence-corrected chi connectivity index (χ1v) is 13.3. The van der Waals surface area contributed by atoms with E-state index in [0.717, 1.165) is 67.8 Å². The van der Waals surface area contributed by atoms with Crippen LogP contribution in [0.3, 0.4) is 0 Å². The van der Waals surface area contributed by atoms with Crippen molar-refractivity contribution in [2.45, 2.75) is 6.54 Å². The largest absolute Gasteiger partial charge is 0.379 e. The molecule has 0 bridgehead atoms. The van der Waals surface area contributed by atoms with E-state index >= 15 is 0 Å². The second-order valence-corrected chi connectivity index (χ2v) is 10.1. The minimum atomic E-state index is -0.0215. The summed E-state index contributed by atoms with van der Waals surface area (Å²) in [6, 6.07) is 11.9. The van der Waals surface area contributed by atoms with E-state index in [4.69, 9.17) is 4.74 Å². The molecule has 0 saturated carbocycles. The van der Waals surface area contributed by atoms with Gasteiger partial charge in [0.2, 0.25) is 0 Å². The number of nitrogens with zero attached hydrogens (tertiary/aromatic N) is 6. The first kappa shape index (κ1) is 26.7. The number of morpholine rings is 1. The third-order valence-electron chi connectivity index (χ3n) is 6.95. The molecule has 3 aromatic heterocycles. The van der Waals surface area contributed by atoms with Crippen LogP contribution in [-0.4, -0.2) is 95.4 Å². The van der Waals surface area contributed by atoms with Gasteiger partial charge in [0.1, 0.15) is 11.6 Å². The monoisotopic (exact) mass is 528 g/mol. The molecule has 0 radical (unpaired) electrons. The quantitative estimate of drug-likeness (QED) is 0.284. The number of likely N-dealkylation sites (N-methyl/N-ethyl adjacent to an activating group) is 1. The average molecular weight is 529 g/mol. The van der Waals surface area contributed by atoms with Gasteiger partial charge in [-0.3, -0.25) is 14.4 Å². The smallest absolute Gasteiger partial charge is 0.182 e. The van der Waals surface area contributed by atoms with Crippen LogP contribution in [0.15, 0.2) is 55.0 Å². The highest BCUT2D eigenvalue weighted by Crippen LogP contribution is 2.29. The van der Waals surface area contributed by atoms with Gasteiger partial charge in [-0.05, 0) is 49.3 Å². The fourth-order valence-corrected chi connectivity index (χ4v) is 4.65. The number of carbonyl (C=O) groups excluding carboxylic acids is 1. The predicted octanol–water partition coefficient (Wildman–Crippen LogP) is 3.13. The average Bonchev–Trinajstić information content (AvgIpc) is 3.31. The Balaban J connectivity index is 1.27. The summed E-state index contributed by atoms with van der Waals surface area (Å²) >= 11 is 0. The normalized spacial score (nSPS) is 14.2. The molecule has 39 heavy (non-hydrogen) atoms. The highest BCUT2D eigenvalue weighted by Gasteiger charge is 2.17. The lowest BCUT2D eigenvalue weighted by molar-refractivity contribution is 0.0332. The van der Waals surface area contributed by atoms with Crippen molar-refractivity contribution in [3.8, 4) is 11.1 Å². The van der Waals surface area contributed by atoms with Gasteiger partial charge in [0, 0.05) is 68.7 Å². The zero-order valence-electron chi connectivity index (χ0n) is 22.9. The number of ketones is 1. The highest BCUT2D eigenvalue weighted by atomic mass is 16.5. The minimum absolute atomic E-state index is 0.0215. The van der Waals surface area contributed by atoms with Crippen molar-refractivity contribution < 1.29 is 9.53 Å². The zero-order valence-corrected chi connectivity index (χ0v) is 22.9. The first-order chi connectivity index (χ1) is 19.0. The van der Waals surface area contributed by atoms with Crippen LogP contribution in [-0.2, 0) is 18.3 Å². The minimum Gasteiger partial charge on any atom is -0.379 e. The molecule has 1 aliphatic heterocycles. The number of hydrogen-bond donors (Lipinski definition) is 2. The molecular weight excluding hydrogens is 492 g/mol. The molecule has 0 atom stereocenters. The van der Waals surface area contributed by atoms with Crippen molar-refractivity contribution in [1.82, 2.24) is 29.5 Å². The number of pyridine rings is 2. The molecule has 204 valence electrons. The summed E-state index contributed by atoms with van der Waals surface area (Å²) in [4.78, 5) is 26.2. The van der Waals surface area contributed by atoms with Crippen LogP contribution in [0.25, 0.3) is 21.9 Å². The van der Waals surface area contributed by atoms with E-state index in [-0.39, 0.29) is 12.3 Å². The molecule has 0 amide bonds. The number of aromatic nitrogens is 4. The van der Waals surface area contributed by atoms with Crippen LogP contribution in [0.2, 0.25) is 0 Å². The lowest BCUT2D eigenvalue weighted by Crippen LogP contribution is -2.36. The van der Waals surface area contributed by atoms with Crippen molar-refractivity contribution >= 4 is 28.2 Å². The second-order valence-electron chi connectivity index (χ2n) is 10.1. The lowest BCUT2D eigenvalue weighted by atomic mass is 10.0. The van der Waals surface area contributed by atoms with Crippen molar-refractivity contribution in [2.75, 3.05) is 70.7 Å².